The second-order valence-corrected chi connectivity index (χ2v) is 3.15. The predicted molar refractivity (Wildman–Crippen MR) is 45.4 cm³/mol. The Morgan fingerprint density at radius 2 is 1.79 bits per heavy atom. The molecule has 1 saturated heterocycles. The molecule has 0 aromatic rings. The van der Waals surface area contributed by atoms with Gasteiger partial charge in [-0.15, -0.1) is 0 Å². The zero-order valence-corrected chi connectivity index (χ0v) is 7.91. The normalized spacial score (nSPS) is 43.9. The molecule has 4 N–H and O–H groups in total. The van der Waals surface area contributed by atoms with Crippen LogP contribution in [0.1, 0.15) is 6.92 Å². The van der Waals surface area contributed by atoms with Crippen molar-refractivity contribution in [2.45, 2.75) is 37.6 Å². The first-order valence-corrected chi connectivity index (χ1v) is 4.54. The van der Waals surface area contributed by atoms with E-state index >= 15 is 0 Å². The summed E-state index contributed by atoms with van der Waals surface area (Å²) in [6.45, 7) is 1.58. The Hall–Kier alpha value is -0.240. The van der Waals surface area contributed by atoms with E-state index in [1.54, 1.807) is 6.92 Å². The van der Waals surface area contributed by atoms with E-state index in [1.165, 1.54) is 0 Å². The minimum Gasteiger partial charge on any atom is -0.394 e. The van der Waals surface area contributed by atoms with E-state index in [9.17, 15) is 15.3 Å². The van der Waals surface area contributed by atoms with E-state index in [2.05, 4.69) is 0 Å². The smallest absolute Gasteiger partial charge is 0.186 e. The summed E-state index contributed by atoms with van der Waals surface area (Å²) in [4.78, 5) is 0. The molecular weight excluding hydrogens is 192 g/mol. The molecule has 0 amide bonds. The van der Waals surface area contributed by atoms with Crippen LogP contribution in [0.15, 0.2) is 0 Å². The molecule has 0 spiro atoms. The van der Waals surface area contributed by atoms with E-state index in [0.717, 1.165) is 0 Å². The van der Waals surface area contributed by atoms with Crippen LogP contribution >= 0.6 is 0 Å². The van der Waals surface area contributed by atoms with Gasteiger partial charge >= 0.3 is 0 Å². The summed E-state index contributed by atoms with van der Waals surface area (Å²) in [5.74, 6) is 0. The Morgan fingerprint density at radius 1 is 1.14 bits per heavy atom. The summed E-state index contributed by atoms with van der Waals surface area (Å²) in [7, 11) is 0. The molecule has 2 unspecified atom stereocenters. The first-order chi connectivity index (χ1) is 6.61. The molecule has 0 aliphatic carbocycles. The van der Waals surface area contributed by atoms with Gasteiger partial charge in [0, 0.05) is 6.61 Å². The number of hydrogen-bond acceptors (Lipinski definition) is 6. The minimum atomic E-state index is -1.36. The van der Waals surface area contributed by atoms with Crippen molar-refractivity contribution < 1.29 is 29.9 Å². The van der Waals surface area contributed by atoms with E-state index in [0.29, 0.717) is 6.61 Å². The molecule has 0 aromatic heterocycles. The third-order valence-corrected chi connectivity index (χ3v) is 2.18. The fraction of sp³-hybridized carbons (Fsp3) is 1.00. The van der Waals surface area contributed by atoms with E-state index in [1.807, 2.05) is 0 Å². The molecule has 1 fully saturated rings. The summed E-state index contributed by atoms with van der Waals surface area (Å²) in [6, 6.07) is 0. The van der Waals surface area contributed by atoms with Gasteiger partial charge in [0.05, 0.1) is 6.61 Å². The molecular formula is C8H16O6. The van der Waals surface area contributed by atoms with Gasteiger partial charge in [-0.2, -0.15) is 0 Å². The molecule has 14 heavy (non-hydrogen) atoms. The van der Waals surface area contributed by atoms with Gasteiger partial charge in [0.15, 0.2) is 6.29 Å². The summed E-state index contributed by atoms with van der Waals surface area (Å²) in [6.07, 6.45) is -5.89. The zero-order chi connectivity index (χ0) is 10.7. The lowest BCUT2D eigenvalue weighted by Crippen LogP contribution is -2.59. The van der Waals surface area contributed by atoms with Gasteiger partial charge in [-0.1, -0.05) is 0 Å². The van der Waals surface area contributed by atoms with Crippen molar-refractivity contribution in [3.63, 3.8) is 0 Å². The molecule has 84 valence electrons. The molecule has 1 aliphatic heterocycles. The number of aliphatic hydroxyl groups is 4. The number of ether oxygens (including phenoxy) is 2. The lowest BCUT2D eigenvalue weighted by atomic mass is 9.99. The third-order valence-electron chi connectivity index (χ3n) is 2.18. The molecule has 1 aliphatic rings. The largest absolute Gasteiger partial charge is 0.394 e. The maximum Gasteiger partial charge on any atom is 0.186 e. The molecule has 1 heterocycles. The summed E-state index contributed by atoms with van der Waals surface area (Å²) >= 11 is 0. The van der Waals surface area contributed by atoms with E-state index < -0.39 is 37.3 Å². The maximum absolute atomic E-state index is 9.41. The lowest BCUT2D eigenvalue weighted by molar-refractivity contribution is -0.300. The zero-order valence-electron chi connectivity index (χ0n) is 7.91. The Balaban J connectivity index is 2.63. The second kappa shape index (κ2) is 5.01. The van der Waals surface area contributed by atoms with Gasteiger partial charge in [-0.05, 0) is 6.92 Å². The van der Waals surface area contributed by atoms with Crippen LogP contribution in [0.3, 0.4) is 0 Å². The molecule has 0 aromatic carbocycles. The number of hydrogen-bond donors (Lipinski definition) is 4. The first kappa shape index (κ1) is 11.8. The molecule has 6 nitrogen and oxygen atoms in total. The molecule has 1 rings (SSSR count). The molecule has 6 heteroatoms. The van der Waals surface area contributed by atoms with Gasteiger partial charge < -0.3 is 29.9 Å². The standard InChI is InChI=1S/C8H16O6/c1-2-13-8-7(12)6(11)5(10)4(3-9)14-8/h4-12H,2-3H2,1H3/t4?,5-,6?,7+,8+/m1/s1. The van der Waals surface area contributed by atoms with Crippen LogP contribution in [0.2, 0.25) is 0 Å². The summed E-state index contributed by atoms with van der Waals surface area (Å²) in [5, 5.41) is 36.9. The Kier molecular flexibility index (Phi) is 4.24. The predicted octanol–water partition coefficient (Wildman–Crippen LogP) is -2.18. The first-order valence-electron chi connectivity index (χ1n) is 4.54. The summed E-state index contributed by atoms with van der Waals surface area (Å²) in [5.41, 5.74) is 0. The monoisotopic (exact) mass is 208 g/mol. The Labute approximate surface area is 81.7 Å². The second-order valence-electron chi connectivity index (χ2n) is 3.15. The highest BCUT2D eigenvalue weighted by Crippen LogP contribution is 2.21. The highest BCUT2D eigenvalue weighted by atomic mass is 16.7. The highest BCUT2D eigenvalue weighted by molar-refractivity contribution is 4.88. The van der Waals surface area contributed by atoms with Gasteiger partial charge in [0.1, 0.15) is 24.4 Å². The average molecular weight is 208 g/mol. The van der Waals surface area contributed by atoms with Crippen LogP contribution in [0.4, 0.5) is 0 Å². The van der Waals surface area contributed by atoms with Crippen LogP contribution in [-0.4, -0.2) is 64.3 Å². The fourth-order valence-electron chi connectivity index (χ4n) is 1.37. The van der Waals surface area contributed by atoms with Crippen LogP contribution in [0, 0.1) is 0 Å². The van der Waals surface area contributed by atoms with Gasteiger partial charge in [-0.3, -0.25) is 0 Å². The SMILES string of the molecule is CCO[C@H]1OC(CO)[C@@H](O)C(O)[C@@H]1O. The lowest BCUT2D eigenvalue weighted by Gasteiger charge is -2.39. The fourth-order valence-corrected chi connectivity index (χ4v) is 1.37. The number of aliphatic hydroxyl groups excluding tert-OH is 4. The van der Waals surface area contributed by atoms with Crippen molar-refractivity contribution in [3.8, 4) is 0 Å². The minimum absolute atomic E-state index is 0.308. The molecule has 0 saturated carbocycles. The topological polar surface area (TPSA) is 99.4 Å². The number of rotatable bonds is 3. The van der Waals surface area contributed by atoms with E-state index in [-0.39, 0.29) is 0 Å². The van der Waals surface area contributed by atoms with Crippen LogP contribution in [0.5, 0.6) is 0 Å². The van der Waals surface area contributed by atoms with Crippen LogP contribution in [-0.2, 0) is 9.47 Å². The summed E-state index contributed by atoms with van der Waals surface area (Å²) < 4.78 is 10.0. The highest BCUT2D eigenvalue weighted by Gasteiger charge is 2.43. The van der Waals surface area contributed by atoms with Crippen LogP contribution in [0.25, 0.3) is 0 Å². The molecule has 0 bridgehead atoms. The molecule has 5 atom stereocenters. The average Bonchev–Trinajstić information content (AvgIpc) is 2.19. The quantitative estimate of drug-likeness (QED) is 0.421. The Morgan fingerprint density at radius 3 is 2.29 bits per heavy atom. The van der Waals surface area contributed by atoms with E-state index in [4.69, 9.17) is 14.6 Å². The van der Waals surface area contributed by atoms with Crippen molar-refractivity contribution in [1.29, 1.82) is 0 Å². The Bertz CT molecular complexity index is 171. The van der Waals surface area contributed by atoms with Crippen molar-refractivity contribution >= 4 is 0 Å². The van der Waals surface area contributed by atoms with Gasteiger partial charge in [-0.25, -0.2) is 0 Å². The van der Waals surface area contributed by atoms with Crippen molar-refractivity contribution in [1.82, 2.24) is 0 Å². The van der Waals surface area contributed by atoms with Crippen molar-refractivity contribution in [3.05, 3.63) is 0 Å². The van der Waals surface area contributed by atoms with Crippen molar-refractivity contribution in [2.75, 3.05) is 13.2 Å². The van der Waals surface area contributed by atoms with Crippen LogP contribution < -0.4 is 0 Å². The van der Waals surface area contributed by atoms with Gasteiger partial charge in [0.25, 0.3) is 0 Å². The van der Waals surface area contributed by atoms with Gasteiger partial charge in [0.2, 0.25) is 0 Å². The third kappa shape index (κ3) is 2.22. The molecule has 0 radical (unpaired) electrons. The van der Waals surface area contributed by atoms with Crippen molar-refractivity contribution in [2.24, 2.45) is 0 Å². The maximum atomic E-state index is 9.41.